The molecule has 0 amide bonds. The highest BCUT2D eigenvalue weighted by atomic mass is 32.2. The molecule has 0 spiro atoms. The summed E-state index contributed by atoms with van der Waals surface area (Å²) in [5.74, 6) is 0. The maximum atomic E-state index is 11.3. The Morgan fingerprint density at radius 2 is 2.00 bits per heavy atom. The van der Waals surface area contributed by atoms with Gasteiger partial charge in [0.1, 0.15) is 0 Å². The summed E-state index contributed by atoms with van der Waals surface area (Å²) < 4.78 is 24.2. The van der Waals surface area contributed by atoms with Gasteiger partial charge in [0.15, 0.2) is 0 Å². The van der Waals surface area contributed by atoms with Gasteiger partial charge in [-0.2, -0.15) is 0 Å². The molecule has 1 unspecified atom stereocenters. The molecule has 1 aromatic rings. The van der Waals surface area contributed by atoms with Crippen molar-refractivity contribution in [2.75, 3.05) is 24.7 Å². The number of para-hydroxylation sites is 1. The minimum Gasteiger partial charge on any atom is -0.381 e. The van der Waals surface area contributed by atoms with E-state index in [1.807, 2.05) is 30.3 Å². The van der Waals surface area contributed by atoms with E-state index in [2.05, 4.69) is 5.32 Å². The molecule has 0 bridgehead atoms. The van der Waals surface area contributed by atoms with Gasteiger partial charge in [-0.15, -0.1) is 0 Å². The summed E-state index contributed by atoms with van der Waals surface area (Å²) in [6, 6.07) is 10.1. The van der Waals surface area contributed by atoms with Gasteiger partial charge in [0, 0.05) is 24.8 Å². The fourth-order valence-electron chi connectivity index (χ4n) is 1.92. The number of hydrogen-bond donors (Lipinski definition) is 1. The number of sulfonamides is 1. The molecule has 2 rings (SSSR count). The van der Waals surface area contributed by atoms with Crippen LogP contribution in [0.5, 0.6) is 0 Å². The second-order valence-corrected chi connectivity index (χ2v) is 6.10. The van der Waals surface area contributed by atoms with Gasteiger partial charge in [0.2, 0.25) is 10.0 Å². The van der Waals surface area contributed by atoms with Gasteiger partial charge >= 0.3 is 0 Å². The Bertz CT molecular complexity index is 444. The smallest absolute Gasteiger partial charge is 0.211 e. The Kier molecular flexibility index (Phi) is 3.16. The maximum Gasteiger partial charge on any atom is 0.211 e. The van der Waals surface area contributed by atoms with Crippen LogP contribution in [0.1, 0.15) is 6.42 Å². The van der Waals surface area contributed by atoms with Crippen LogP contribution in [0.4, 0.5) is 5.69 Å². The van der Waals surface area contributed by atoms with E-state index in [-0.39, 0.29) is 6.04 Å². The molecule has 1 atom stereocenters. The van der Waals surface area contributed by atoms with Gasteiger partial charge in [0.05, 0.1) is 6.26 Å². The third-order valence-electron chi connectivity index (χ3n) is 2.76. The SMILES string of the molecule is CS(=O)(=O)N1CCC(Nc2ccccc2)C1. The lowest BCUT2D eigenvalue weighted by molar-refractivity contribution is 0.480. The van der Waals surface area contributed by atoms with Gasteiger partial charge in [-0.05, 0) is 18.6 Å². The predicted molar refractivity (Wildman–Crippen MR) is 64.9 cm³/mol. The second-order valence-electron chi connectivity index (χ2n) is 4.12. The normalized spacial score (nSPS) is 22.2. The molecular formula is C11H16N2O2S. The number of anilines is 1. The molecule has 1 fully saturated rings. The third kappa shape index (κ3) is 2.74. The van der Waals surface area contributed by atoms with E-state index in [0.717, 1.165) is 12.1 Å². The first-order valence-electron chi connectivity index (χ1n) is 5.32. The molecule has 1 saturated heterocycles. The van der Waals surface area contributed by atoms with E-state index in [1.165, 1.54) is 10.6 Å². The van der Waals surface area contributed by atoms with Crippen LogP contribution in [-0.2, 0) is 10.0 Å². The fourth-order valence-corrected chi connectivity index (χ4v) is 2.81. The van der Waals surface area contributed by atoms with Crippen LogP contribution in [0.15, 0.2) is 30.3 Å². The zero-order valence-corrected chi connectivity index (χ0v) is 10.1. The summed E-state index contributed by atoms with van der Waals surface area (Å²) in [6.45, 7) is 1.18. The van der Waals surface area contributed by atoms with Gasteiger partial charge in [-0.25, -0.2) is 12.7 Å². The van der Waals surface area contributed by atoms with Crippen molar-refractivity contribution in [3.63, 3.8) is 0 Å². The minimum absolute atomic E-state index is 0.220. The lowest BCUT2D eigenvalue weighted by Crippen LogP contribution is -2.30. The standard InChI is InChI=1S/C11H16N2O2S/c1-16(14,15)13-8-7-11(9-13)12-10-5-3-2-4-6-10/h2-6,11-12H,7-9H2,1H3. The van der Waals surface area contributed by atoms with E-state index >= 15 is 0 Å². The molecule has 0 radical (unpaired) electrons. The molecule has 0 aromatic heterocycles. The second kappa shape index (κ2) is 4.43. The Labute approximate surface area is 96.3 Å². The molecule has 1 aromatic carbocycles. The fraction of sp³-hybridized carbons (Fsp3) is 0.455. The van der Waals surface area contributed by atoms with Crippen molar-refractivity contribution in [2.24, 2.45) is 0 Å². The molecule has 1 aliphatic rings. The van der Waals surface area contributed by atoms with Crippen molar-refractivity contribution in [1.82, 2.24) is 4.31 Å². The Morgan fingerprint density at radius 1 is 1.31 bits per heavy atom. The maximum absolute atomic E-state index is 11.3. The Hall–Kier alpha value is -1.07. The summed E-state index contributed by atoms with van der Waals surface area (Å²) in [4.78, 5) is 0. The van der Waals surface area contributed by atoms with Gasteiger partial charge < -0.3 is 5.32 Å². The van der Waals surface area contributed by atoms with Crippen LogP contribution in [0.25, 0.3) is 0 Å². The highest BCUT2D eigenvalue weighted by Crippen LogP contribution is 2.17. The molecule has 0 aliphatic carbocycles. The van der Waals surface area contributed by atoms with E-state index in [0.29, 0.717) is 13.1 Å². The zero-order valence-electron chi connectivity index (χ0n) is 9.26. The molecule has 0 saturated carbocycles. The highest BCUT2D eigenvalue weighted by Gasteiger charge is 2.28. The topological polar surface area (TPSA) is 49.4 Å². The van der Waals surface area contributed by atoms with Crippen LogP contribution in [-0.4, -0.2) is 38.1 Å². The quantitative estimate of drug-likeness (QED) is 0.861. The minimum atomic E-state index is -3.03. The summed E-state index contributed by atoms with van der Waals surface area (Å²) in [6.07, 6.45) is 2.12. The van der Waals surface area contributed by atoms with Gasteiger partial charge in [0.25, 0.3) is 0 Å². The Balaban J connectivity index is 1.96. The van der Waals surface area contributed by atoms with Crippen LogP contribution >= 0.6 is 0 Å². The van der Waals surface area contributed by atoms with E-state index in [9.17, 15) is 8.42 Å². The first-order chi connectivity index (χ1) is 7.55. The van der Waals surface area contributed by atoms with Crippen molar-refractivity contribution < 1.29 is 8.42 Å². The zero-order chi connectivity index (χ0) is 11.6. The highest BCUT2D eigenvalue weighted by molar-refractivity contribution is 7.88. The summed E-state index contributed by atoms with van der Waals surface area (Å²) in [5.41, 5.74) is 1.04. The summed E-state index contributed by atoms with van der Waals surface area (Å²) >= 11 is 0. The molecule has 4 nitrogen and oxygen atoms in total. The molecule has 5 heteroatoms. The van der Waals surface area contributed by atoms with E-state index < -0.39 is 10.0 Å². The van der Waals surface area contributed by atoms with Crippen molar-refractivity contribution in [3.8, 4) is 0 Å². The van der Waals surface area contributed by atoms with Crippen LogP contribution in [0.2, 0.25) is 0 Å². The molecule has 1 heterocycles. The van der Waals surface area contributed by atoms with Crippen molar-refractivity contribution in [3.05, 3.63) is 30.3 Å². The number of nitrogens with one attached hydrogen (secondary N) is 1. The van der Waals surface area contributed by atoms with E-state index in [1.54, 1.807) is 0 Å². The van der Waals surface area contributed by atoms with Crippen LogP contribution < -0.4 is 5.32 Å². The summed E-state index contributed by atoms with van der Waals surface area (Å²) in [5, 5.41) is 3.34. The largest absolute Gasteiger partial charge is 0.381 e. The van der Waals surface area contributed by atoms with Crippen LogP contribution in [0, 0.1) is 0 Å². The first-order valence-corrected chi connectivity index (χ1v) is 7.17. The van der Waals surface area contributed by atoms with Crippen molar-refractivity contribution in [1.29, 1.82) is 0 Å². The van der Waals surface area contributed by atoms with Crippen LogP contribution in [0.3, 0.4) is 0 Å². The van der Waals surface area contributed by atoms with Crippen molar-refractivity contribution in [2.45, 2.75) is 12.5 Å². The predicted octanol–water partition coefficient (Wildman–Crippen LogP) is 1.13. The number of hydrogen-bond acceptors (Lipinski definition) is 3. The molecule has 88 valence electrons. The molecule has 16 heavy (non-hydrogen) atoms. The first kappa shape index (κ1) is 11.4. The number of benzene rings is 1. The summed E-state index contributed by atoms with van der Waals surface area (Å²) in [7, 11) is -3.03. The molecule has 1 N–H and O–H groups in total. The lowest BCUT2D eigenvalue weighted by Gasteiger charge is -2.15. The molecular weight excluding hydrogens is 224 g/mol. The van der Waals surface area contributed by atoms with E-state index in [4.69, 9.17) is 0 Å². The lowest BCUT2D eigenvalue weighted by atomic mass is 10.2. The van der Waals surface area contributed by atoms with Gasteiger partial charge in [-0.3, -0.25) is 0 Å². The number of rotatable bonds is 3. The van der Waals surface area contributed by atoms with Crippen molar-refractivity contribution >= 4 is 15.7 Å². The average molecular weight is 240 g/mol. The third-order valence-corrected chi connectivity index (χ3v) is 4.03. The van der Waals surface area contributed by atoms with Gasteiger partial charge in [-0.1, -0.05) is 18.2 Å². The molecule has 1 aliphatic heterocycles. The average Bonchev–Trinajstić information content (AvgIpc) is 2.67. The monoisotopic (exact) mass is 240 g/mol. The number of nitrogens with zero attached hydrogens (tertiary/aromatic N) is 1. The Morgan fingerprint density at radius 3 is 2.56 bits per heavy atom.